The molecule has 0 aliphatic rings. The summed E-state index contributed by atoms with van der Waals surface area (Å²) in [5.74, 6) is -2.75. The second kappa shape index (κ2) is 23.1. The van der Waals surface area contributed by atoms with Crippen LogP contribution < -0.4 is 0 Å². The number of hydrogen-bond acceptors (Lipinski definition) is 17. The Morgan fingerprint density at radius 2 is 0.881 bits per heavy atom. The van der Waals surface area contributed by atoms with E-state index in [4.69, 9.17) is 23.7 Å². The summed E-state index contributed by atoms with van der Waals surface area (Å²) >= 11 is 16.0. The topological polar surface area (TPSA) is 169 Å². The summed E-state index contributed by atoms with van der Waals surface area (Å²) in [5, 5.41) is 0. The van der Waals surface area contributed by atoms with E-state index < -0.39 is 77.2 Å². The first-order valence-corrected chi connectivity index (χ1v) is 17.6. The molecule has 0 radical (unpaired) electrons. The van der Waals surface area contributed by atoms with E-state index in [0.29, 0.717) is 0 Å². The normalized spacial score (nSPS) is 11.6. The number of carbonyl (C=O) groups is 5. The zero-order valence-corrected chi connectivity index (χ0v) is 28.0. The number of sulfone groups is 1. The number of carbonyl (C=O) groups excluding carboxylic acids is 5. The van der Waals surface area contributed by atoms with Crippen molar-refractivity contribution in [2.24, 2.45) is 0 Å². The third kappa shape index (κ3) is 19.8. The molecule has 0 N–H and O–H groups in total. The Balaban J connectivity index is 6.32. The Kier molecular flexibility index (Phi) is 22.4. The van der Waals surface area contributed by atoms with Crippen LogP contribution >= 0.6 is 50.5 Å². The molecule has 13 nitrogen and oxygen atoms in total. The molecule has 0 bridgehead atoms. The van der Waals surface area contributed by atoms with E-state index >= 15 is 0 Å². The Morgan fingerprint density at radius 3 is 1.19 bits per heavy atom. The number of ether oxygens (including phenoxy) is 5. The maximum atomic E-state index is 12.5. The summed E-state index contributed by atoms with van der Waals surface area (Å²) in [4.78, 5) is 62.6. The van der Waals surface area contributed by atoms with E-state index in [2.05, 4.69) is 50.5 Å². The fraction of sp³-hybridized carbons (Fsp3) is 0.792. The van der Waals surface area contributed by atoms with Gasteiger partial charge in [-0.25, -0.2) is 8.42 Å². The Labute approximate surface area is 269 Å². The molecule has 0 spiro atoms. The molecule has 0 amide bonds. The molecule has 0 fully saturated rings. The van der Waals surface area contributed by atoms with Gasteiger partial charge in [0.2, 0.25) is 0 Å². The van der Waals surface area contributed by atoms with Crippen molar-refractivity contribution in [3.8, 4) is 0 Å². The van der Waals surface area contributed by atoms with Crippen LogP contribution in [0.4, 0.5) is 0 Å². The summed E-state index contributed by atoms with van der Waals surface area (Å²) in [6.45, 7) is -1.86. The fourth-order valence-corrected chi connectivity index (χ4v) is 4.43. The Hall–Kier alpha value is -1.34. The first-order valence-electron chi connectivity index (χ1n) is 13.0. The van der Waals surface area contributed by atoms with Crippen molar-refractivity contribution in [3.05, 3.63) is 0 Å². The molecule has 0 saturated heterocycles. The second-order valence-electron chi connectivity index (χ2n) is 8.91. The summed E-state index contributed by atoms with van der Waals surface area (Å²) in [7, 11) is -3.47. The van der Waals surface area contributed by atoms with Crippen molar-refractivity contribution in [1.29, 1.82) is 0 Å². The molecule has 0 aliphatic carbocycles. The van der Waals surface area contributed by atoms with Gasteiger partial charge in [-0.05, 0) is 0 Å². The van der Waals surface area contributed by atoms with Crippen LogP contribution in [0, 0.1) is 0 Å². The zero-order valence-electron chi connectivity index (χ0n) is 23.6. The van der Waals surface area contributed by atoms with Crippen LogP contribution in [0.15, 0.2) is 0 Å². The summed E-state index contributed by atoms with van der Waals surface area (Å²) in [5.41, 5.74) is -1.55. The molecule has 0 aromatic rings. The lowest BCUT2D eigenvalue weighted by Crippen LogP contribution is -2.61. The first kappa shape index (κ1) is 40.7. The third-order valence-electron chi connectivity index (χ3n) is 5.37. The molecule has 0 atom stereocenters. The first-order chi connectivity index (χ1) is 19.8. The van der Waals surface area contributed by atoms with Gasteiger partial charge in [-0.2, -0.15) is 50.5 Å². The smallest absolute Gasteiger partial charge is 0.306 e. The molecule has 0 heterocycles. The van der Waals surface area contributed by atoms with Gasteiger partial charge in [0, 0.05) is 42.4 Å². The molecule has 244 valence electrons. The van der Waals surface area contributed by atoms with Crippen molar-refractivity contribution >= 4 is 90.2 Å². The molecule has 0 saturated carbocycles. The summed E-state index contributed by atoms with van der Waals surface area (Å²) in [6.07, 6.45) is 0.534. The quantitative estimate of drug-likeness (QED) is 0.0625. The molecule has 0 aromatic heterocycles. The van der Waals surface area contributed by atoms with Crippen LogP contribution in [0.3, 0.4) is 0 Å². The Bertz CT molecular complexity index is 917. The van der Waals surface area contributed by atoms with Crippen molar-refractivity contribution in [1.82, 2.24) is 4.90 Å². The van der Waals surface area contributed by atoms with E-state index in [-0.39, 0.29) is 75.0 Å². The average Bonchev–Trinajstić information content (AvgIpc) is 2.91. The van der Waals surface area contributed by atoms with E-state index in [1.54, 1.807) is 4.90 Å². The lowest BCUT2D eigenvalue weighted by atomic mass is 9.99. The van der Waals surface area contributed by atoms with Gasteiger partial charge in [0.1, 0.15) is 48.4 Å². The van der Waals surface area contributed by atoms with E-state index in [9.17, 15) is 32.4 Å². The molecule has 0 aliphatic heterocycles. The van der Waals surface area contributed by atoms with Crippen LogP contribution in [-0.2, 0) is 57.5 Å². The SMILES string of the molecule is CS(=O)(=O)CCC(=O)OCC(COC(=O)CCS)(COC(=O)CCS)N(CCOC(=O)CCS)CCOC(=O)CCS. The zero-order chi connectivity index (χ0) is 32.0. The predicted molar refractivity (Wildman–Crippen MR) is 167 cm³/mol. The third-order valence-corrected chi connectivity index (χ3v) is 7.21. The monoisotopic (exact) mass is 695 g/mol. The number of thiol groups is 4. The maximum Gasteiger partial charge on any atom is 0.306 e. The van der Waals surface area contributed by atoms with E-state index in [1.807, 2.05) is 0 Å². The van der Waals surface area contributed by atoms with Crippen LogP contribution in [-0.4, -0.2) is 130 Å². The molecule has 18 heteroatoms. The van der Waals surface area contributed by atoms with E-state index in [1.165, 1.54) is 0 Å². The van der Waals surface area contributed by atoms with Crippen molar-refractivity contribution in [3.63, 3.8) is 0 Å². The molecular formula is C24H41NO12S5. The van der Waals surface area contributed by atoms with Gasteiger partial charge in [0.25, 0.3) is 0 Å². The molecular weight excluding hydrogens is 655 g/mol. The van der Waals surface area contributed by atoms with Gasteiger partial charge in [-0.15, -0.1) is 0 Å². The van der Waals surface area contributed by atoms with Crippen LogP contribution in [0.25, 0.3) is 0 Å². The maximum absolute atomic E-state index is 12.5. The lowest BCUT2D eigenvalue weighted by Gasteiger charge is -2.42. The molecule has 0 aromatic carbocycles. The minimum Gasteiger partial charge on any atom is -0.464 e. The van der Waals surface area contributed by atoms with Crippen molar-refractivity contribution in [2.45, 2.75) is 37.6 Å². The average molecular weight is 696 g/mol. The highest BCUT2D eigenvalue weighted by Gasteiger charge is 2.42. The fourth-order valence-electron chi connectivity index (χ4n) is 3.16. The summed E-state index contributed by atoms with van der Waals surface area (Å²) < 4.78 is 49.8. The minimum atomic E-state index is -3.47. The van der Waals surface area contributed by atoms with Gasteiger partial charge in [0.15, 0.2) is 0 Å². The largest absolute Gasteiger partial charge is 0.464 e. The lowest BCUT2D eigenvalue weighted by molar-refractivity contribution is -0.167. The number of rotatable bonds is 24. The van der Waals surface area contributed by atoms with Gasteiger partial charge in [-0.3, -0.25) is 28.9 Å². The van der Waals surface area contributed by atoms with Gasteiger partial charge < -0.3 is 23.7 Å². The van der Waals surface area contributed by atoms with E-state index in [0.717, 1.165) is 6.26 Å². The van der Waals surface area contributed by atoms with Gasteiger partial charge in [0.05, 0.1) is 37.9 Å². The van der Waals surface area contributed by atoms with Crippen LogP contribution in [0.5, 0.6) is 0 Å². The number of nitrogens with zero attached hydrogens (tertiary/aromatic N) is 1. The van der Waals surface area contributed by atoms with Crippen molar-refractivity contribution < 1.29 is 56.1 Å². The molecule has 0 rings (SSSR count). The van der Waals surface area contributed by atoms with Gasteiger partial charge >= 0.3 is 29.8 Å². The summed E-state index contributed by atoms with van der Waals surface area (Å²) in [6, 6.07) is 0. The van der Waals surface area contributed by atoms with Crippen LogP contribution in [0.1, 0.15) is 32.1 Å². The predicted octanol–water partition coefficient (Wildman–Crippen LogP) is 0.458. The Morgan fingerprint density at radius 1 is 0.571 bits per heavy atom. The van der Waals surface area contributed by atoms with Crippen LogP contribution in [0.2, 0.25) is 0 Å². The van der Waals surface area contributed by atoms with Gasteiger partial charge in [-0.1, -0.05) is 0 Å². The molecule has 0 unspecified atom stereocenters. The number of esters is 5. The second-order valence-corrected chi connectivity index (χ2v) is 13.0. The molecule has 42 heavy (non-hydrogen) atoms. The standard InChI is InChI=1S/C24H41NO12S5/c1-42(31,32)15-6-23(30)37-18-24(16-35-21(28)4-13-40,17-36-22(29)5-14-41)25(7-9-33-19(26)2-11-38)8-10-34-20(27)3-12-39/h38-41H,2-18H2,1H3. The minimum absolute atomic E-state index is 0.0441. The number of hydrogen-bond donors (Lipinski definition) is 4. The highest BCUT2D eigenvalue weighted by atomic mass is 32.2. The highest BCUT2D eigenvalue weighted by molar-refractivity contribution is 7.90. The van der Waals surface area contributed by atoms with Crippen molar-refractivity contribution in [2.75, 3.05) is 81.1 Å². The highest BCUT2D eigenvalue weighted by Crippen LogP contribution is 2.21.